The Bertz CT molecular complexity index is 881. The van der Waals surface area contributed by atoms with Crippen molar-refractivity contribution in [3.05, 3.63) is 62.4 Å². The van der Waals surface area contributed by atoms with Crippen molar-refractivity contribution in [3.8, 4) is 0 Å². The molecule has 1 unspecified atom stereocenters. The zero-order valence-corrected chi connectivity index (χ0v) is 14.6. The second-order valence-corrected chi connectivity index (χ2v) is 7.23. The highest BCUT2D eigenvalue weighted by Gasteiger charge is 2.28. The zero-order valence-electron chi connectivity index (χ0n) is 14.6. The van der Waals surface area contributed by atoms with Gasteiger partial charge in [-0.05, 0) is 44.4 Å². The van der Waals surface area contributed by atoms with Gasteiger partial charge in [-0.2, -0.15) is 5.10 Å². The van der Waals surface area contributed by atoms with Crippen LogP contribution in [0.2, 0.25) is 0 Å². The Balaban J connectivity index is 1.52. The Hall–Kier alpha value is -2.21. The average molecular weight is 340 g/mol. The number of aromatic nitrogens is 3. The standard InChI is InChI=1S/C19H24N4O2/c1-21-15(4-2-6-18(21)24)12-22-11-3-5-16(22)13-23-19(25)10-9-17(20-23)14-7-8-14/h2,4,6,9-10,14,16H,3,5,7-8,11-13H2,1H3. The van der Waals surface area contributed by atoms with E-state index in [0.29, 0.717) is 12.5 Å². The van der Waals surface area contributed by atoms with Gasteiger partial charge in [0.2, 0.25) is 5.56 Å². The molecule has 0 N–H and O–H groups in total. The highest BCUT2D eigenvalue weighted by atomic mass is 16.1. The van der Waals surface area contributed by atoms with Crippen molar-refractivity contribution >= 4 is 0 Å². The van der Waals surface area contributed by atoms with Gasteiger partial charge in [0.05, 0.1) is 12.2 Å². The first-order valence-corrected chi connectivity index (χ1v) is 9.09. The van der Waals surface area contributed by atoms with Crippen LogP contribution in [0.5, 0.6) is 0 Å². The van der Waals surface area contributed by atoms with Crippen LogP contribution in [0.4, 0.5) is 0 Å². The van der Waals surface area contributed by atoms with Gasteiger partial charge in [0.25, 0.3) is 5.56 Å². The minimum absolute atomic E-state index is 0.0169. The number of likely N-dealkylation sites (tertiary alicyclic amines) is 1. The molecule has 0 bridgehead atoms. The van der Waals surface area contributed by atoms with Gasteiger partial charge in [0, 0.05) is 43.4 Å². The molecule has 3 heterocycles. The smallest absolute Gasteiger partial charge is 0.266 e. The zero-order chi connectivity index (χ0) is 17.4. The second kappa shape index (κ2) is 6.59. The van der Waals surface area contributed by atoms with Gasteiger partial charge in [0.15, 0.2) is 0 Å². The van der Waals surface area contributed by atoms with Gasteiger partial charge in [-0.3, -0.25) is 14.5 Å². The number of rotatable bonds is 5. The van der Waals surface area contributed by atoms with E-state index >= 15 is 0 Å². The Kier molecular flexibility index (Phi) is 4.29. The minimum Gasteiger partial charge on any atom is -0.314 e. The molecule has 2 aliphatic rings. The van der Waals surface area contributed by atoms with E-state index in [2.05, 4.69) is 10.00 Å². The van der Waals surface area contributed by atoms with Gasteiger partial charge in [-0.1, -0.05) is 6.07 Å². The van der Waals surface area contributed by atoms with E-state index in [-0.39, 0.29) is 17.2 Å². The van der Waals surface area contributed by atoms with Crippen molar-refractivity contribution in [2.24, 2.45) is 7.05 Å². The highest BCUT2D eigenvalue weighted by molar-refractivity contribution is 5.13. The third kappa shape index (κ3) is 3.44. The SMILES string of the molecule is Cn1c(CN2CCCC2Cn2nc(C3CC3)ccc2=O)cccc1=O. The van der Waals surface area contributed by atoms with Crippen molar-refractivity contribution < 1.29 is 0 Å². The van der Waals surface area contributed by atoms with E-state index in [1.54, 1.807) is 21.4 Å². The molecule has 1 aliphatic carbocycles. The molecule has 1 saturated carbocycles. The van der Waals surface area contributed by atoms with E-state index < -0.39 is 0 Å². The lowest BCUT2D eigenvalue weighted by molar-refractivity contribution is 0.211. The molecule has 1 atom stereocenters. The summed E-state index contributed by atoms with van der Waals surface area (Å²) in [6.07, 6.45) is 4.54. The maximum atomic E-state index is 12.2. The maximum Gasteiger partial charge on any atom is 0.266 e. The number of pyridine rings is 1. The van der Waals surface area contributed by atoms with Crippen molar-refractivity contribution in [2.45, 2.75) is 50.7 Å². The fourth-order valence-corrected chi connectivity index (χ4v) is 3.68. The number of nitrogens with zero attached hydrogens (tertiary/aromatic N) is 4. The topological polar surface area (TPSA) is 60.1 Å². The molecule has 0 aromatic carbocycles. The Labute approximate surface area is 146 Å². The minimum atomic E-state index is -0.0247. The molecule has 2 aromatic heterocycles. The van der Waals surface area contributed by atoms with Gasteiger partial charge >= 0.3 is 0 Å². The molecule has 1 aliphatic heterocycles. The molecule has 6 nitrogen and oxygen atoms in total. The Morgan fingerprint density at radius 3 is 2.72 bits per heavy atom. The predicted molar refractivity (Wildman–Crippen MR) is 95.6 cm³/mol. The van der Waals surface area contributed by atoms with Crippen molar-refractivity contribution in [1.82, 2.24) is 19.2 Å². The van der Waals surface area contributed by atoms with Crippen LogP contribution in [-0.2, 0) is 20.1 Å². The summed E-state index contributed by atoms with van der Waals surface area (Å²) in [4.78, 5) is 26.4. The average Bonchev–Trinajstić information content (AvgIpc) is 3.36. The van der Waals surface area contributed by atoms with Crippen molar-refractivity contribution in [2.75, 3.05) is 6.54 Å². The van der Waals surface area contributed by atoms with E-state index in [1.165, 1.54) is 12.8 Å². The normalized spacial score (nSPS) is 20.9. The van der Waals surface area contributed by atoms with Crippen molar-refractivity contribution in [1.29, 1.82) is 0 Å². The van der Waals surface area contributed by atoms with Gasteiger partial charge < -0.3 is 4.57 Å². The van der Waals surface area contributed by atoms with E-state index in [9.17, 15) is 9.59 Å². The Morgan fingerprint density at radius 1 is 1.08 bits per heavy atom. The largest absolute Gasteiger partial charge is 0.314 e. The first-order chi connectivity index (χ1) is 12.1. The lowest BCUT2D eigenvalue weighted by Crippen LogP contribution is -2.37. The molecule has 0 radical (unpaired) electrons. The van der Waals surface area contributed by atoms with Crippen molar-refractivity contribution in [3.63, 3.8) is 0 Å². The summed E-state index contributed by atoms with van der Waals surface area (Å²) < 4.78 is 3.34. The molecule has 0 amide bonds. The van der Waals surface area contributed by atoms with Crippen LogP contribution in [0.3, 0.4) is 0 Å². The summed E-state index contributed by atoms with van der Waals surface area (Å²) in [5.41, 5.74) is 2.05. The predicted octanol–water partition coefficient (Wildman–Crippen LogP) is 1.48. The molecule has 4 rings (SSSR count). The highest BCUT2D eigenvalue weighted by Crippen LogP contribution is 2.38. The van der Waals surface area contributed by atoms with Crippen LogP contribution < -0.4 is 11.1 Å². The summed E-state index contributed by atoms with van der Waals surface area (Å²) in [5.74, 6) is 0.547. The third-order valence-corrected chi connectivity index (χ3v) is 5.42. The van der Waals surface area contributed by atoms with Gasteiger partial charge in [0.1, 0.15) is 0 Å². The summed E-state index contributed by atoms with van der Waals surface area (Å²) in [5, 5.41) is 4.59. The van der Waals surface area contributed by atoms with Crippen LogP contribution in [-0.4, -0.2) is 31.8 Å². The van der Waals surface area contributed by atoms with E-state index in [1.807, 2.05) is 25.2 Å². The molecule has 1 saturated heterocycles. The lowest BCUT2D eigenvalue weighted by Gasteiger charge is -2.25. The number of hydrogen-bond donors (Lipinski definition) is 0. The Morgan fingerprint density at radius 2 is 1.92 bits per heavy atom. The monoisotopic (exact) mass is 340 g/mol. The molecular formula is C19H24N4O2. The fourth-order valence-electron chi connectivity index (χ4n) is 3.68. The van der Waals surface area contributed by atoms with Gasteiger partial charge in [-0.25, -0.2) is 4.68 Å². The van der Waals surface area contributed by atoms with Crippen LogP contribution >= 0.6 is 0 Å². The van der Waals surface area contributed by atoms with Gasteiger partial charge in [-0.15, -0.1) is 0 Å². The summed E-state index contributed by atoms with van der Waals surface area (Å²) >= 11 is 0. The van der Waals surface area contributed by atoms with Crippen LogP contribution in [0.25, 0.3) is 0 Å². The van der Waals surface area contributed by atoms with Crippen LogP contribution in [0, 0.1) is 0 Å². The van der Waals surface area contributed by atoms with Crippen LogP contribution in [0.15, 0.2) is 39.9 Å². The summed E-state index contributed by atoms with van der Waals surface area (Å²) in [6.45, 7) is 2.35. The molecule has 2 fully saturated rings. The van der Waals surface area contributed by atoms with E-state index in [4.69, 9.17) is 0 Å². The molecule has 25 heavy (non-hydrogen) atoms. The summed E-state index contributed by atoms with van der Waals surface area (Å²) in [7, 11) is 1.81. The second-order valence-electron chi connectivity index (χ2n) is 7.23. The number of hydrogen-bond acceptors (Lipinski definition) is 4. The molecular weight excluding hydrogens is 316 g/mol. The van der Waals surface area contributed by atoms with E-state index in [0.717, 1.165) is 37.3 Å². The fraction of sp³-hybridized carbons (Fsp3) is 0.526. The third-order valence-electron chi connectivity index (χ3n) is 5.42. The first kappa shape index (κ1) is 16.3. The van der Waals surface area contributed by atoms with Crippen LogP contribution in [0.1, 0.15) is 43.0 Å². The molecule has 0 spiro atoms. The molecule has 6 heteroatoms. The quantitative estimate of drug-likeness (QED) is 0.827. The first-order valence-electron chi connectivity index (χ1n) is 9.09. The molecule has 132 valence electrons. The maximum absolute atomic E-state index is 12.2. The lowest BCUT2D eigenvalue weighted by atomic mass is 10.2. The molecule has 2 aromatic rings. The summed E-state index contributed by atoms with van der Waals surface area (Å²) in [6, 6.07) is 9.21.